The topological polar surface area (TPSA) is 65.0 Å². The predicted molar refractivity (Wildman–Crippen MR) is 79.5 cm³/mol. The summed E-state index contributed by atoms with van der Waals surface area (Å²) in [5, 5.41) is 19.5. The molecule has 0 aliphatic carbocycles. The van der Waals surface area contributed by atoms with Gasteiger partial charge >= 0.3 is 0 Å². The van der Waals surface area contributed by atoms with E-state index in [0.717, 1.165) is 11.3 Å². The van der Waals surface area contributed by atoms with Crippen molar-refractivity contribution in [3.05, 3.63) is 70.9 Å². The lowest BCUT2D eigenvalue weighted by Gasteiger charge is -2.05. The van der Waals surface area contributed by atoms with Crippen molar-refractivity contribution in [1.82, 2.24) is 10.6 Å². The van der Waals surface area contributed by atoms with Crippen molar-refractivity contribution in [3.63, 3.8) is 0 Å². The molecule has 22 heavy (non-hydrogen) atoms. The minimum atomic E-state index is -0.449. The van der Waals surface area contributed by atoms with Gasteiger partial charge in [-0.2, -0.15) is 0 Å². The molecule has 2 aromatic carbocycles. The van der Waals surface area contributed by atoms with E-state index in [1.54, 1.807) is 0 Å². The first kappa shape index (κ1) is 14.6. The Morgan fingerprint density at radius 2 is 1.77 bits per heavy atom. The van der Waals surface area contributed by atoms with Crippen molar-refractivity contribution in [3.8, 4) is 11.6 Å². The molecule has 0 saturated carbocycles. The SMILES string of the molecule is [O-]c1on[n+](-c2ccccc2)c1CNCc1ccccc1Cl. The Balaban J connectivity index is 1.73. The maximum absolute atomic E-state index is 11.8. The van der Waals surface area contributed by atoms with Crippen LogP contribution in [-0.2, 0) is 13.1 Å². The Bertz CT molecular complexity index is 759. The average Bonchev–Trinajstić information content (AvgIpc) is 2.91. The Morgan fingerprint density at radius 3 is 2.55 bits per heavy atom. The van der Waals surface area contributed by atoms with E-state index in [1.165, 1.54) is 4.68 Å². The number of nitrogens with one attached hydrogen (secondary N) is 1. The van der Waals surface area contributed by atoms with Gasteiger partial charge in [-0.15, -0.1) is 0 Å². The first-order valence-electron chi connectivity index (χ1n) is 6.83. The number of rotatable bonds is 5. The molecule has 0 bridgehead atoms. The van der Waals surface area contributed by atoms with Gasteiger partial charge in [0.15, 0.2) is 5.95 Å². The summed E-state index contributed by atoms with van der Waals surface area (Å²) in [4.78, 5) is 0. The third kappa shape index (κ3) is 3.10. The fourth-order valence-corrected chi connectivity index (χ4v) is 2.35. The van der Waals surface area contributed by atoms with E-state index in [1.807, 2.05) is 54.6 Å². The highest BCUT2D eigenvalue weighted by Crippen LogP contribution is 2.15. The van der Waals surface area contributed by atoms with Crippen LogP contribution in [0.5, 0.6) is 5.95 Å². The van der Waals surface area contributed by atoms with Gasteiger partial charge in [-0.25, -0.2) is 0 Å². The van der Waals surface area contributed by atoms with Crippen LogP contribution in [0.2, 0.25) is 5.02 Å². The van der Waals surface area contributed by atoms with E-state index in [4.69, 9.17) is 16.1 Å². The van der Waals surface area contributed by atoms with E-state index in [0.29, 0.717) is 23.8 Å². The number of benzene rings is 2. The van der Waals surface area contributed by atoms with Gasteiger partial charge in [0.25, 0.3) is 5.69 Å². The molecule has 6 heteroatoms. The molecule has 0 aliphatic rings. The van der Waals surface area contributed by atoms with Crippen molar-refractivity contribution < 1.29 is 14.3 Å². The minimum absolute atomic E-state index is 0.336. The summed E-state index contributed by atoms with van der Waals surface area (Å²) >= 11 is 6.11. The largest absolute Gasteiger partial charge is 0.539 e. The first-order valence-corrected chi connectivity index (χ1v) is 7.21. The van der Waals surface area contributed by atoms with Gasteiger partial charge in [0.1, 0.15) is 0 Å². The van der Waals surface area contributed by atoms with Crippen molar-refractivity contribution in [2.45, 2.75) is 13.1 Å². The second kappa shape index (κ2) is 6.60. The van der Waals surface area contributed by atoms with Crippen molar-refractivity contribution >= 4 is 11.6 Å². The summed E-state index contributed by atoms with van der Waals surface area (Å²) in [5.74, 6) is -0.449. The second-order valence-corrected chi connectivity index (χ2v) is 5.16. The molecule has 1 N–H and O–H groups in total. The fourth-order valence-electron chi connectivity index (χ4n) is 2.14. The normalized spacial score (nSPS) is 10.8. The summed E-state index contributed by atoms with van der Waals surface area (Å²) in [6, 6.07) is 16.9. The number of para-hydroxylation sites is 1. The molecule has 0 fully saturated rings. The van der Waals surface area contributed by atoms with Crippen LogP contribution in [0.15, 0.2) is 59.1 Å². The standard InChI is InChI=1S/C16H14ClN3O2/c17-14-9-5-4-6-12(14)10-18-11-15-16(21)22-19-20(15)13-7-2-1-3-8-13/h1-9,18H,10-11H2. The summed E-state index contributed by atoms with van der Waals surface area (Å²) in [6.07, 6.45) is 0. The van der Waals surface area contributed by atoms with Crippen LogP contribution in [0.4, 0.5) is 0 Å². The maximum Gasteiger partial charge on any atom is 0.253 e. The molecule has 0 unspecified atom stereocenters. The average molecular weight is 316 g/mol. The van der Waals surface area contributed by atoms with Gasteiger partial charge in [-0.05, 0) is 16.3 Å². The first-order chi connectivity index (χ1) is 10.8. The molecule has 5 nitrogen and oxygen atoms in total. The monoisotopic (exact) mass is 315 g/mol. The molecule has 0 saturated heterocycles. The zero-order valence-electron chi connectivity index (χ0n) is 11.7. The lowest BCUT2D eigenvalue weighted by Crippen LogP contribution is -2.38. The van der Waals surface area contributed by atoms with Gasteiger partial charge in [-0.1, -0.05) is 48.0 Å². The molecule has 0 atom stereocenters. The molecule has 3 aromatic rings. The quantitative estimate of drug-likeness (QED) is 0.731. The van der Waals surface area contributed by atoms with Crippen LogP contribution >= 0.6 is 11.6 Å². The third-order valence-electron chi connectivity index (χ3n) is 3.26. The van der Waals surface area contributed by atoms with Crippen LogP contribution in [-0.4, -0.2) is 5.27 Å². The predicted octanol–water partition coefficient (Wildman–Crippen LogP) is 1.97. The van der Waals surface area contributed by atoms with Crippen molar-refractivity contribution in [2.24, 2.45) is 0 Å². The molecule has 112 valence electrons. The Kier molecular flexibility index (Phi) is 4.37. The number of hydrogen-bond acceptors (Lipinski definition) is 4. The van der Waals surface area contributed by atoms with Crippen molar-refractivity contribution in [1.29, 1.82) is 0 Å². The van der Waals surface area contributed by atoms with Gasteiger partial charge < -0.3 is 14.9 Å². The Hall–Kier alpha value is -2.37. The lowest BCUT2D eigenvalue weighted by molar-refractivity contribution is -0.677. The smallest absolute Gasteiger partial charge is 0.253 e. The minimum Gasteiger partial charge on any atom is -0.539 e. The molecule has 1 aromatic heterocycles. The number of hydrogen-bond donors (Lipinski definition) is 1. The fraction of sp³-hybridized carbons (Fsp3) is 0.125. The molecule has 0 aliphatic heterocycles. The summed E-state index contributed by atoms with van der Waals surface area (Å²) < 4.78 is 6.27. The Morgan fingerprint density at radius 1 is 1.05 bits per heavy atom. The van der Waals surface area contributed by atoms with Gasteiger partial charge in [0.05, 0.1) is 11.8 Å². The highest BCUT2D eigenvalue weighted by molar-refractivity contribution is 6.31. The van der Waals surface area contributed by atoms with E-state index >= 15 is 0 Å². The summed E-state index contributed by atoms with van der Waals surface area (Å²) in [6.45, 7) is 0.890. The van der Waals surface area contributed by atoms with Crippen molar-refractivity contribution in [2.75, 3.05) is 0 Å². The maximum atomic E-state index is 11.8. The molecular weight excluding hydrogens is 302 g/mol. The van der Waals surface area contributed by atoms with Crippen LogP contribution in [0.1, 0.15) is 11.3 Å². The Labute approximate surface area is 132 Å². The van der Waals surface area contributed by atoms with E-state index < -0.39 is 5.95 Å². The number of halogens is 1. The van der Waals surface area contributed by atoms with Crippen LogP contribution < -0.4 is 15.1 Å². The molecule has 0 radical (unpaired) electrons. The molecule has 1 heterocycles. The lowest BCUT2D eigenvalue weighted by atomic mass is 10.2. The molecule has 0 spiro atoms. The van der Waals surface area contributed by atoms with Gasteiger partial charge in [-0.3, -0.25) is 0 Å². The van der Waals surface area contributed by atoms with E-state index in [2.05, 4.69) is 10.6 Å². The van der Waals surface area contributed by atoms with Crippen LogP contribution in [0.3, 0.4) is 0 Å². The zero-order valence-corrected chi connectivity index (χ0v) is 12.5. The van der Waals surface area contributed by atoms with Crippen LogP contribution in [0, 0.1) is 0 Å². The van der Waals surface area contributed by atoms with Crippen LogP contribution in [0.25, 0.3) is 5.69 Å². The highest BCUT2D eigenvalue weighted by Gasteiger charge is 2.19. The second-order valence-electron chi connectivity index (χ2n) is 4.75. The van der Waals surface area contributed by atoms with Gasteiger partial charge in [0.2, 0.25) is 5.69 Å². The molecular formula is C16H14ClN3O2. The third-order valence-corrected chi connectivity index (χ3v) is 3.63. The molecule has 0 amide bonds. The van der Waals surface area contributed by atoms with E-state index in [9.17, 15) is 5.11 Å². The zero-order chi connectivity index (χ0) is 15.4. The highest BCUT2D eigenvalue weighted by atomic mass is 35.5. The summed E-state index contributed by atoms with van der Waals surface area (Å²) in [5.41, 5.74) is 2.19. The number of aromatic nitrogens is 2. The molecule has 3 rings (SSSR count). The van der Waals surface area contributed by atoms with E-state index in [-0.39, 0.29) is 0 Å². The van der Waals surface area contributed by atoms with Gasteiger partial charge in [0, 0.05) is 23.7 Å². The summed E-state index contributed by atoms with van der Waals surface area (Å²) in [7, 11) is 0. The number of nitrogens with zero attached hydrogens (tertiary/aromatic N) is 2.